The van der Waals surface area contributed by atoms with Crippen LogP contribution in [0, 0.1) is 0 Å². The average Bonchev–Trinajstić information content (AvgIpc) is 2.88. The molecule has 2 nitrogen and oxygen atoms in total. The maximum absolute atomic E-state index is 6.37. The first-order chi connectivity index (χ1) is 9.56. The SMILES string of the molecule is NC(c1ccc(Cl)c(Br)c1)c1cc(Cl)cc2c1OCC2. The van der Waals surface area contributed by atoms with E-state index in [4.69, 9.17) is 33.7 Å². The van der Waals surface area contributed by atoms with Gasteiger partial charge in [0.1, 0.15) is 5.75 Å². The highest BCUT2D eigenvalue weighted by Crippen LogP contribution is 2.38. The van der Waals surface area contributed by atoms with Gasteiger partial charge in [-0.2, -0.15) is 0 Å². The molecule has 2 aromatic carbocycles. The molecule has 1 aliphatic rings. The van der Waals surface area contributed by atoms with Crippen molar-refractivity contribution in [3.8, 4) is 5.75 Å². The lowest BCUT2D eigenvalue weighted by molar-refractivity contribution is 0.352. The van der Waals surface area contributed by atoms with Gasteiger partial charge in [0.25, 0.3) is 0 Å². The summed E-state index contributed by atoms with van der Waals surface area (Å²) in [4.78, 5) is 0. The predicted octanol–water partition coefficient (Wildman–Crippen LogP) is 4.74. The highest BCUT2D eigenvalue weighted by molar-refractivity contribution is 9.10. The number of rotatable bonds is 2. The van der Waals surface area contributed by atoms with E-state index in [0.29, 0.717) is 16.7 Å². The zero-order valence-corrected chi connectivity index (χ0v) is 13.6. The van der Waals surface area contributed by atoms with Crippen LogP contribution in [0.25, 0.3) is 0 Å². The van der Waals surface area contributed by atoms with Crippen LogP contribution in [-0.4, -0.2) is 6.61 Å². The molecular formula is C15H12BrCl2NO. The fourth-order valence-corrected chi connectivity index (χ4v) is 3.18. The minimum absolute atomic E-state index is 0.297. The van der Waals surface area contributed by atoms with Crippen LogP contribution in [0.1, 0.15) is 22.7 Å². The van der Waals surface area contributed by atoms with Crippen LogP contribution in [0.15, 0.2) is 34.8 Å². The fraction of sp³-hybridized carbons (Fsp3) is 0.200. The summed E-state index contributed by atoms with van der Waals surface area (Å²) in [7, 11) is 0. The molecular weight excluding hydrogens is 361 g/mol. The molecule has 0 aromatic heterocycles. The molecule has 0 bridgehead atoms. The summed E-state index contributed by atoms with van der Waals surface area (Å²) in [5, 5.41) is 1.35. The fourth-order valence-electron chi connectivity index (χ4n) is 2.41. The van der Waals surface area contributed by atoms with Crippen LogP contribution in [0.5, 0.6) is 5.75 Å². The molecule has 1 aliphatic heterocycles. The minimum Gasteiger partial charge on any atom is -0.493 e. The lowest BCUT2D eigenvalue weighted by Crippen LogP contribution is -2.13. The maximum Gasteiger partial charge on any atom is 0.127 e. The molecule has 104 valence electrons. The van der Waals surface area contributed by atoms with Gasteiger partial charge < -0.3 is 10.5 Å². The molecule has 0 fully saturated rings. The molecule has 1 atom stereocenters. The Bertz CT molecular complexity index is 675. The zero-order valence-electron chi connectivity index (χ0n) is 10.5. The summed E-state index contributed by atoms with van der Waals surface area (Å²) in [6.45, 7) is 0.680. The number of halogens is 3. The smallest absolute Gasteiger partial charge is 0.127 e. The van der Waals surface area contributed by atoms with Gasteiger partial charge in [0, 0.05) is 21.5 Å². The van der Waals surface area contributed by atoms with Gasteiger partial charge in [-0.05, 0) is 51.3 Å². The quantitative estimate of drug-likeness (QED) is 0.826. The Balaban J connectivity index is 2.06. The Morgan fingerprint density at radius 2 is 2.00 bits per heavy atom. The largest absolute Gasteiger partial charge is 0.493 e. The van der Waals surface area contributed by atoms with Gasteiger partial charge in [-0.15, -0.1) is 0 Å². The van der Waals surface area contributed by atoms with E-state index in [0.717, 1.165) is 33.3 Å². The van der Waals surface area contributed by atoms with Gasteiger partial charge in [-0.3, -0.25) is 0 Å². The molecule has 0 amide bonds. The van der Waals surface area contributed by atoms with E-state index in [1.165, 1.54) is 0 Å². The summed E-state index contributed by atoms with van der Waals surface area (Å²) in [5.41, 5.74) is 9.37. The highest BCUT2D eigenvalue weighted by Gasteiger charge is 2.22. The first-order valence-corrected chi connectivity index (χ1v) is 7.77. The normalized spacial score (nSPS) is 14.8. The molecule has 1 heterocycles. The van der Waals surface area contributed by atoms with Gasteiger partial charge in [0.15, 0.2) is 0 Å². The summed E-state index contributed by atoms with van der Waals surface area (Å²) < 4.78 is 6.53. The van der Waals surface area contributed by atoms with E-state index < -0.39 is 0 Å². The molecule has 0 saturated carbocycles. The molecule has 5 heteroatoms. The van der Waals surface area contributed by atoms with Gasteiger partial charge in [0.05, 0.1) is 17.7 Å². The van der Waals surface area contributed by atoms with Crippen molar-refractivity contribution in [3.63, 3.8) is 0 Å². The highest BCUT2D eigenvalue weighted by atomic mass is 79.9. The van der Waals surface area contributed by atoms with E-state index in [-0.39, 0.29) is 6.04 Å². The number of fused-ring (bicyclic) bond motifs is 1. The molecule has 0 aliphatic carbocycles. The Kier molecular flexibility index (Phi) is 3.95. The van der Waals surface area contributed by atoms with Gasteiger partial charge in [0.2, 0.25) is 0 Å². The molecule has 1 unspecified atom stereocenters. The van der Waals surface area contributed by atoms with Crippen molar-refractivity contribution in [2.45, 2.75) is 12.5 Å². The van der Waals surface area contributed by atoms with E-state index in [1.807, 2.05) is 30.3 Å². The van der Waals surface area contributed by atoms with Crippen molar-refractivity contribution in [1.82, 2.24) is 0 Å². The van der Waals surface area contributed by atoms with Gasteiger partial charge in [-0.25, -0.2) is 0 Å². The summed E-state index contributed by atoms with van der Waals surface area (Å²) >= 11 is 15.6. The van der Waals surface area contributed by atoms with Crippen LogP contribution in [0.3, 0.4) is 0 Å². The molecule has 3 rings (SSSR count). The third-order valence-corrected chi connectivity index (χ3v) is 4.85. The van der Waals surface area contributed by atoms with Crippen molar-refractivity contribution >= 4 is 39.1 Å². The average molecular weight is 373 g/mol. The maximum atomic E-state index is 6.37. The summed E-state index contributed by atoms with van der Waals surface area (Å²) in [6.07, 6.45) is 0.875. The second-order valence-electron chi connectivity index (χ2n) is 4.73. The second-order valence-corrected chi connectivity index (χ2v) is 6.43. The van der Waals surface area contributed by atoms with Crippen molar-refractivity contribution in [2.75, 3.05) is 6.61 Å². The lowest BCUT2D eigenvalue weighted by Gasteiger charge is -2.17. The zero-order chi connectivity index (χ0) is 14.3. The third-order valence-electron chi connectivity index (χ3n) is 3.41. The van der Waals surface area contributed by atoms with Crippen LogP contribution in [0.2, 0.25) is 10.0 Å². The number of nitrogens with two attached hydrogens (primary N) is 1. The first-order valence-electron chi connectivity index (χ1n) is 6.22. The van der Waals surface area contributed by atoms with Gasteiger partial charge >= 0.3 is 0 Å². The monoisotopic (exact) mass is 371 g/mol. The Hall–Kier alpha value is -0.740. The standard InChI is InChI=1S/C15H12BrCl2NO/c16-12-6-8(1-2-13(12)18)14(19)11-7-10(17)5-9-3-4-20-15(9)11/h1-2,5-7,14H,3-4,19H2. The van der Waals surface area contributed by atoms with Crippen LogP contribution in [0.4, 0.5) is 0 Å². The molecule has 0 saturated heterocycles. The van der Waals surface area contributed by atoms with Crippen LogP contribution < -0.4 is 10.5 Å². The van der Waals surface area contributed by atoms with Crippen molar-refractivity contribution < 1.29 is 4.74 Å². The van der Waals surface area contributed by atoms with Crippen molar-refractivity contribution in [3.05, 3.63) is 61.5 Å². The molecule has 20 heavy (non-hydrogen) atoms. The second kappa shape index (κ2) is 5.57. The van der Waals surface area contributed by atoms with Crippen LogP contribution in [-0.2, 0) is 6.42 Å². The minimum atomic E-state index is -0.297. The van der Waals surface area contributed by atoms with Gasteiger partial charge in [-0.1, -0.05) is 29.3 Å². The van der Waals surface area contributed by atoms with Crippen LogP contribution >= 0.6 is 39.1 Å². The number of hydrogen-bond donors (Lipinski definition) is 1. The topological polar surface area (TPSA) is 35.2 Å². The predicted molar refractivity (Wildman–Crippen MR) is 85.8 cm³/mol. The Labute approximate surface area is 136 Å². The summed E-state index contributed by atoms with van der Waals surface area (Å²) in [5.74, 6) is 0.868. The number of hydrogen-bond acceptors (Lipinski definition) is 2. The van der Waals surface area contributed by atoms with E-state index in [9.17, 15) is 0 Å². The molecule has 0 radical (unpaired) electrons. The molecule has 0 spiro atoms. The first kappa shape index (κ1) is 14.2. The van der Waals surface area contributed by atoms with E-state index >= 15 is 0 Å². The Morgan fingerprint density at radius 3 is 2.75 bits per heavy atom. The van der Waals surface area contributed by atoms with E-state index in [2.05, 4.69) is 15.9 Å². The number of ether oxygens (including phenoxy) is 1. The lowest BCUT2D eigenvalue weighted by atomic mass is 9.96. The number of benzene rings is 2. The molecule has 2 aromatic rings. The summed E-state index contributed by atoms with van der Waals surface area (Å²) in [6, 6.07) is 9.19. The Morgan fingerprint density at radius 1 is 1.20 bits per heavy atom. The van der Waals surface area contributed by atoms with E-state index in [1.54, 1.807) is 0 Å². The van der Waals surface area contributed by atoms with Crippen molar-refractivity contribution in [2.24, 2.45) is 5.73 Å². The molecule has 2 N–H and O–H groups in total. The third kappa shape index (κ3) is 2.56. The van der Waals surface area contributed by atoms with Crippen molar-refractivity contribution in [1.29, 1.82) is 0 Å².